The van der Waals surface area contributed by atoms with Crippen molar-refractivity contribution in [2.75, 3.05) is 6.61 Å². The Morgan fingerprint density at radius 2 is 2.21 bits per heavy atom. The number of alkyl halides is 1. The quantitative estimate of drug-likeness (QED) is 0.778. The third-order valence-electron chi connectivity index (χ3n) is 3.28. The minimum absolute atomic E-state index is 0.460. The van der Waals surface area contributed by atoms with Gasteiger partial charge < -0.3 is 14.9 Å². The molecule has 19 heavy (non-hydrogen) atoms. The van der Waals surface area contributed by atoms with Gasteiger partial charge in [0.2, 0.25) is 0 Å². The average molecular weight is 268 g/mol. The molecular weight excluding hydrogens is 255 g/mol. The third kappa shape index (κ3) is 1.79. The number of hydrogen-bond acceptors (Lipinski definition) is 6. The number of hydrogen-bond donors (Lipinski definition) is 2. The lowest BCUT2D eigenvalue weighted by Gasteiger charge is -2.15. The van der Waals surface area contributed by atoms with Crippen molar-refractivity contribution in [1.82, 2.24) is 19.5 Å². The molecule has 0 amide bonds. The summed E-state index contributed by atoms with van der Waals surface area (Å²) in [5, 5.41) is 18.9. The van der Waals surface area contributed by atoms with E-state index in [4.69, 9.17) is 9.84 Å². The van der Waals surface area contributed by atoms with Gasteiger partial charge in [-0.1, -0.05) is 0 Å². The Bertz CT molecular complexity index is 605. The van der Waals surface area contributed by atoms with Crippen molar-refractivity contribution in [1.29, 1.82) is 0 Å². The van der Waals surface area contributed by atoms with E-state index >= 15 is 0 Å². The second-order valence-corrected chi connectivity index (χ2v) is 4.47. The molecule has 0 aromatic carbocycles. The van der Waals surface area contributed by atoms with Crippen LogP contribution in [-0.4, -0.2) is 54.7 Å². The smallest absolute Gasteiger partial charge is 0.166 e. The number of halogens is 1. The van der Waals surface area contributed by atoms with Gasteiger partial charge in [0.15, 0.2) is 18.0 Å². The Kier molecular flexibility index (Phi) is 2.92. The maximum Gasteiger partial charge on any atom is 0.166 e. The van der Waals surface area contributed by atoms with Gasteiger partial charge in [0.05, 0.1) is 18.6 Å². The van der Waals surface area contributed by atoms with Crippen LogP contribution in [0.2, 0.25) is 0 Å². The molecular formula is C11H13FN4O3. The zero-order chi connectivity index (χ0) is 13.6. The van der Waals surface area contributed by atoms with Gasteiger partial charge in [0, 0.05) is 0 Å². The molecule has 2 N–H and O–H groups in total. The molecule has 1 saturated heterocycles. The van der Waals surface area contributed by atoms with Gasteiger partial charge in [-0.3, -0.25) is 4.57 Å². The van der Waals surface area contributed by atoms with E-state index in [0.717, 1.165) is 0 Å². The van der Waals surface area contributed by atoms with Crippen LogP contribution in [0, 0.1) is 6.92 Å². The summed E-state index contributed by atoms with van der Waals surface area (Å²) in [6.07, 6.45) is -2.22. The van der Waals surface area contributed by atoms with Crippen LogP contribution in [-0.2, 0) is 4.74 Å². The Balaban J connectivity index is 2.04. The molecule has 7 nitrogen and oxygen atoms in total. The fraction of sp³-hybridized carbons (Fsp3) is 0.545. The first-order valence-corrected chi connectivity index (χ1v) is 5.86. The van der Waals surface area contributed by atoms with Crippen molar-refractivity contribution < 1.29 is 19.3 Å². The van der Waals surface area contributed by atoms with Crippen LogP contribution in [0.1, 0.15) is 11.9 Å². The molecule has 0 spiro atoms. The summed E-state index contributed by atoms with van der Waals surface area (Å²) < 4.78 is 20.5. The normalized spacial score (nSPS) is 31.2. The van der Waals surface area contributed by atoms with Crippen LogP contribution >= 0.6 is 0 Å². The molecule has 3 heterocycles. The lowest BCUT2D eigenvalue weighted by Crippen LogP contribution is -2.29. The minimum Gasteiger partial charge on any atom is -0.394 e. The summed E-state index contributed by atoms with van der Waals surface area (Å²) in [4.78, 5) is 12.2. The van der Waals surface area contributed by atoms with E-state index in [0.29, 0.717) is 16.9 Å². The molecule has 102 valence electrons. The molecule has 0 radical (unpaired) electrons. The fourth-order valence-corrected chi connectivity index (χ4v) is 2.24. The summed E-state index contributed by atoms with van der Waals surface area (Å²) in [5.74, 6) is 0. The third-order valence-corrected chi connectivity index (χ3v) is 3.28. The molecule has 0 bridgehead atoms. The Labute approximate surface area is 107 Å². The van der Waals surface area contributed by atoms with Crippen molar-refractivity contribution in [3.8, 4) is 0 Å². The molecule has 2 aromatic heterocycles. The highest BCUT2D eigenvalue weighted by Crippen LogP contribution is 2.32. The lowest BCUT2D eigenvalue weighted by atomic mass is 10.1. The summed E-state index contributed by atoms with van der Waals surface area (Å²) in [7, 11) is 0. The monoisotopic (exact) mass is 268 g/mol. The van der Waals surface area contributed by atoms with Crippen molar-refractivity contribution in [3.05, 3.63) is 18.3 Å². The van der Waals surface area contributed by atoms with Crippen molar-refractivity contribution >= 4 is 11.2 Å². The molecule has 8 heteroatoms. The molecule has 3 rings (SSSR count). The van der Waals surface area contributed by atoms with Gasteiger partial charge in [-0.2, -0.15) is 0 Å². The Morgan fingerprint density at radius 3 is 2.89 bits per heavy atom. The van der Waals surface area contributed by atoms with E-state index < -0.39 is 31.2 Å². The van der Waals surface area contributed by atoms with Crippen LogP contribution in [0.5, 0.6) is 0 Å². The average Bonchev–Trinajstić information content (AvgIpc) is 2.94. The first-order chi connectivity index (χ1) is 9.13. The highest BCUT2D eigenvalue weighted by Gasteiger charge is 2.45. The highest BCUT2D eigenvalue weighted by molar-refractivity contribution is 5.72. The minimum atomic E-state index is -1.64. The van der Waals surface area contributed by atoms with E-state index in [-0.39, 0.29) is 0 Å². The summed E-state index contributed by atoms with van der Waals surface area (Å²) in [6, 6.07) is 0. The predicted molar refractivity (Wildman–Crippen MR) is 62.0 cm³/mol. The van der Waals surface area contributed by atoms with Gasteiger partial charge in [0.1, 0.15) is 24.1 Å². The van der Waals surface area contributed by atoms with E-state index in [2.05, 4.69) is 15.0 Å². The molecule has 1 aliphatic heterocycles. The number of aliphatic hydroxyl groups excluding tert-OH is 2. The van der Waals surface area contributed by atoms with Crippen molar-refractivity contribution in [2.24, 2.45) is 0 Å². The number of nitrogens with zero attached hydrogens (tertiary/aromatic N) is 4. The van der Waals surface area contributed by atoms with Crippen LogP contribution in [0.15, 0.2) is 12.7 Å². The van der Waals surface area contributed by atoms with Gasteiger partial charge in [-0.05, 0) is 6.92 Å². The maximum atomic E-state index is 13.7. The molecule has 2 aromatic rings. The first-order valence-electron chi connectivity index (χ1n) is 5.86. The molecule has 1 fully saturated rings. The standard InChI is InChI=1S/C11H13FN4O3/c1-5-8-10(14-3-13-5)16(4-15-8)11-9(18)7(12)6(2-17)19-11/h3-4,6-7,9,11,17-18H,2H2,1H3. The number of fused-ring (bicyclic) bond motifs is 1. The van der Waals surface area contributed by atoms with E-state index in [1.807, 2.05) is 0 Å². The number of aliphatic hydroxyl groups is 2. The number of rotatable bonds is 2. The Morgan fingerprint density at radius 1 is 1.42 bits per heavy atom. The number of ether oxygens (including phenoxy) is 1. The van der Waals surface area contributed by atoms with Crippen LogP contribution in [0.3, 0.4) is 0 Å². The predicted octanol–water partition coefficient (Wildman–Crippen LogP) is -0.277. The summed E-state index contributed by atoms with van der Waals surface area (Å²) in [6.45, 7) is 1.29. The van der Waals surface area contributed by atoms with E-state index in [1.54, 1.807) is 6.92 Å². The summed E-state index contributed by atoms with van der Waals surface area (Å²) >= 11 is 0. The van der Waals surface area contributed by atoms with Crippen molar-refractivity contribution in [3.63, 3.8) is 0 Å². The second-order valence-electron chi connectivity index (χ2n) is 4.47. The molecule has 4 unspecified atom stereocenters. The number of imidazole rings is 1. The first kappa shape index (κ1) is 12.4. The topological polar surface area (TPSA) is 93.3 Å². The maximum absolute atomic E-state index is 13.7. The van der Waals surface area contributed by atoms with Gasteiger partial charge in [-0.15, -0.1) is 0 Å². The number of aromatic nitrogens is 4. The van der Waals surface area contributed by atoms with E-state index in [1.165, 1.54) is 17.2 Å². The molecule has 1 aliphatic rings. The fourth-order valence-electron chi connectivity index (χ4n) is 2.24. The largest absolute Gasteiger partial charge is 0.394 e. The van der Waals surface area contributed by atoms with Gasteiger partial charge in [-0.25, -0.2) is 19.3 Å². The van der Waals surface area contributed by atoms with Crippen LogP contribution in [0.25, 0.3) is 11.2 Å². The molecule has 0 aliphatic carbocycles. The SMILES string of the molecule is Cc1ncnc2c1ncn2C1OC(CO)C(F)C1O. The van der Waals surface area contributed by atoms with Crippen LogP contribution in [0.4, 0.5) is 4.39 Å². The Hall–Kier alpha value is -1.64. The molecule has 0 saturated carbocycles. The number of aryl methyl sites for hydroxylation is 1. The lowest BCUT2D eigenvalue weighted by molar-refractivity contribution is -0.0495. The van der Waals surface area contributed by atoms with Crippen molar-refractivity contribution in [2.45, 2.75) is 31.5 Å². The van der Waals surface area contributed by atoms with E-state index in [9.17, 15) is 9.50 Å². The van der Waals surface area contributed by atoms with Gasteiger partial charge in [0.25, 0.3) is 0 Å². The zero-order valence-corrected chi connectivity index (χ0v) is 10.1. The van der Waals surface area contributed by atoms with Crippen LogP contribution < -0.4 is 0 Å². The highest BCUT2D eigenvalue weighted by atomic mass is 19.1. The zero-order valence-electron chi connectivity index (χ0n) is 10.1. The molecule has 4 atom stereocenters. The second kappa shape index (κ2) is 4.48. The van der Waals surface area contributed by atoms with Gasteiger partial charge >= 0.3 is 0 Å². The summed E-state index contributed by atoms with van der Waals surface area (Å²) in [5.41, 5.74) is 1.72.